The van der Waals surface area contributed by atoms with Crippen molar-refractivity contribution in [2.45, 2.75) is 42.7 Å². The second kappa shape index (κ2) is 13.2. The minimum absolute atomic E-state index is 0.00273. The maximum absolute atomic E-state index is 13.5. The zero-order valence-electron chi connectivity index (χ0n) is 21.1. The molecular weight excluding hydrogens is 519 g/mol. The zero-order chi connectivity index (χ0) is 27.7. The zero-order valence-corrected chi connectivity index (χ0v) is 21.9. The van der Waals surface area contributed by atoms with Crippen molar-refractivity contribution in [3.63, 3.8) is 0 Å². The molecule has 2 aromatic rings. The molecule has 0 spiro atoms. The van der Waals surface area contributed by atoms with Gasteiger partial charge in [-0.25, -0.2) is 17.6 Å². The lowest BCUT2D eigenvalue weighted by Gasteiger charge is -2.37. The number of esters is 1. The molecule has 0 bridgehead atoms. The van der Waals surface area contributed by atoms with Crippen molar-refractivity contribution in [2.75, 3.05) is 32.6 Å². The standard InChI is InChI=1S/C25H31FN4O7S/c1-36-20-8-10-21(11-9-20)38(34,35)30-14-12-19(29-25(33)28-18-6-3-5-17(26)15-18)16-22(30)24(32)27-13-4-7-23(31)37-2/h3,5-6,8-11,15,19,22H,4,7,12-14,16H2,1-2H3,(H,27,32)(H2,28,29,33). The summed E-state index contributed by atoms with van der Waals surface area (Å²) in [5, 5.41) is 7.95. The van der Waals surface area contributed by atoms with Gasteiger partial charge in [0.1, 0.15) is 17.6 Å². The van der Waals surface area contributed by atoms with Crippen molar-refractivity contribution in [3.05, 3.63) is 54.3 Å². The summed E-state index contributed by atoms with van der Waals surface area (Å²) in [5.74, 6) is -1.00. The first-order valence-corrected chi connectivity index (χ1v) is 13.4. The fourth-order valence-corrected chi connectivity index (χ4v) is 5.68. The fraction of sp³-hybridized carbons (Fsp3) is 0.400. The molecule has 0 aromatic heterocycles. The van der Waals surface area contributed by atoms with Crippen molar-refractivity contribution in [2.24, 2.45) is 0 Å². The molecule has 0 aliphatic carbocycles. The van der Waals surface area contributed by atoms with Gasteiger partial charge in [-0.3, -0.25) is 9.59 Å². The van der Waals surface area contributed by atoms with Gasteiger partial charge in [0.05, 0.1) is 19.1 Å². The lowest BCUT2D eigenvalue weighted by atomic mass is 9.98. The third kappa shape index (κ3) is 7.65. The van der Waals surface area contributed by atoms with Crippen LogP contribution >= 0.6 is 0 Å². The predicted molar refractivity (Wildman–Crippen MR) is 137 cm³/mol. The number of ether oxygens (including phenoxy) is 2. The first kappa shape index (κ1) is 28.9. The predicted octanol–water partition coefficient (Wildman–Crippen LogP) is 2.25. The van der Waals surface area contributed by atoms with Crippen molar-refractivity contribution in [1.82, 2.24) is 14.9 Å². The minimum atomic E-state index is -4.06. The van der Waals surface area contributed by atoms with E-state index >= 15 is 0 Å². The summed E-state index contributed by atoms with van der Waals surface area (Å²) in [6.45, 7) is 0.110. The largest absolute Gasteiger partial charge is 0.497 e. The van der Waals surface area contributed by atoms with Crippen LogP contribution in [0.1, 0.15) is 25.7 Å². The number of urea groups is 1. The Bertz CT molecular complexity index is 1240. The highest BCUT2D eigenvalue weighted by atomic mass is 32.2. The number of nitrogens with zero attached hydrogens (tertiary/aromatic N) is 1. The molecule has 3 amide bonds. The monoisotopic (exact) mass is 550 g/mol. The average Bonchev–Trinajstić information content (AvgIpc) is 2.90. The Morgan fingerprint density at radius 1 is 1.11 bits per heavy atom. The van der Waals surface area contributed by atoms with Crippen molar-refractivity contribution in [3.8, 4) is 5.75 Å². The number of benzene rings is 2. The maximum Gasteiger partial charge on any atom is 0.319 e. The van der Waals surface area contributed by atoms with Crippen LogP contribution in [-0.2, 0) is 24.3 Å². The van der Waals surface area contributed by atoms with Crippen LogP contribution in [0.2, 0.25) is 0 Å². The van der Waals surface area contributed by atoms with Crippen LogP contribution in [0.4, 0.5) is 14.9 Å². The topological polar surface area (TPSA) is 143 Å². The SMILES string of the molecule is COC(=O)CCCNC(=O)C1CC(NC(=O)Nc2cccc(F)c2)CCN1S(=O)(=O)c1ccc(OC)cc1. The number of piperidine rings is 1. The highest BCUT2D eigenvalue weighted by Gasteiger charge is 2.41. The fourth-order valence-electron chi connectivity index (χ4n) is 4.07. The summed E-state index contributed by atoms with van der Waals surface area (Å²) in [7, 11) is -1.33. The Hall–Kier alpha value is -3.71. The van der Waals surface area contributed by atoms with E-state index in [0.717, 1.165) is 10.4 Å². The number of hydrogen-bond donors (Lipinski definition) is 3. The van der Waals surface area contributed by atoms with Gasteiger partial charge < -0.3 is 25.4 Å². The number of halogens is 1. The molecule has 1 aliphatic rings. The number of sulfonamides is 1. The molecule has 3 rings (SSSR count). The van der Waals surface area contributed by atoms with E-state index in [1.807, 2.05) is 0 Å². The van der Waals surface area contributed by atoms with Crippen LogP contribution in [0.3, 0.4) is 0 Å². The molecule has 1 saturated heterocycles. The van der Waals surface area contributed by atoms with Crippen LogP contribution in [-0.4, -0.2) is 70.0 Å². The van der Waals surface area contributed by atoms with E-state index in [1.54, 1.807) is 0 Å². The molecule has 1 fully saturated rings. The quantitative estimate of drug-likeness (QED) is 0.304. The Kier molecular flexibility index (Phi) is 10.0. The molecule has 0 saturated carbocycles. The van der Waals surface area contributed by atoms with E-state index in [1.165, 1.54) is 56.7 Å². The van der Waals surface area contributed by atoms with Crippen LogP contribution in [0.15, 0.2) is 53.4 Å². The number of carbonyl (C=O) groups is 3. The van der Waals surface area contributed by atoms with E-state index in [2.05, 4.69) is 20.7 Å². The number of anilines is 1. The second-order valence-corrected chi connectivity index (χ2v) is 10.5. The van der Waals surface area contributed by atoms with Crippen molar-refractivity contribution < 1.29 is 36.7 Å². The van der Waals surface area contributed by atoms with Crippen molar-refractivity contribution in [1.29, 1.82) is 0 Å². The second-order valence-electron chi connectivity index (χ2n) is 8.61. The van der Waals surface area contributed by atoms with Gasteiger partial charge in [0.25, 0.3) is 0 Å². The van der Waals surface area contributed by atoms with Crippen LogP contribution in [0.5, 0.6) is 5.75 Å². The Morgan fingerprint density at radius 2 is 1.84 bits per heavy atom. The van der Waals surface area contributed by atoms with E-state index in [4.69, 9.17) is 4.74 Å². The van der Waals surface area contributed by atoms with E-state index in [9.17, 15) is 27.2 Å². The summed E-state index contributed by atoms with van der Waals surface area (Å²) in [5.41, 5.74) is 0.252. The van der Waals surface area contributed by atoms with Gasteiger partial charge in [0.15, 0.2) is 0 Å². The first-order chi connectivity index (χ1) is 18.1. The summed E-state index contributed by atoms with van der Waals surface area (Å²) in [6.07, 6.45) is 0.667. The maximum atomic E-state index is 13.5. The van der Waals surface area contributed by atoms with E-state index in [-0.39, 0.29) is 42.9 Å². The van der Waals surface area contributed by atoms with Gasteiger partial charge in [0.2, 0.25) is 15.9 Å². The molecule has 0 radical (unpaired) electrons. The summed E-state index contributed by atoms with van der Waals surface area (Å²) < 4.78 is 51.2. The van der Waals surface area contributed by atoms with Crippen LogP contribution in [0, 0.1) is 5.82 Å². The van der Waals surface area contributed by atoms with Gasteiger partial charge in [-0.1, -0.05) is 6.07 Å². The lowest BCUT2D eigenvalue weighted by Crippen LogP contribution is -2.57. The molecule has 2 aromatic carbocycles. The number of carbonyl (C=O) groups excluding carboxylic acids is 3. The van der Waals surface area contributed by atoms with Gasteiger partial charge in [-0.2, -0.15) is 4.31 Å². The molecule has 1 aliphatic heterocycles. The van der Waals surface area contributed by atoms with Gasteiger partial charge in [0, 0.05) is 31.2 Å². The number of nitrogens with one attached hydrogen (secondary N) is 3. The van der Waals surface area contributed by atoms with Gasteiger partial charge in [-0.15, -0.1) is 0 Å². The van der Waals surface area contributed by atoms with Gasteiger partial charge >= 0.3 is 12.0 Å². The van der Waals surface area contributed by atoms with Crippen molar-refractivity contribution >= 4 is 33.6 Å². The molecule has 1 heterocycles. The van der Waals surface area contributed by atoms with E-state index < -0.39 is 45.8 Å². The van der Waals surface area contributed by atoms with E-state index in [0.29, 0.717) is 12.2 Å². The smallest absolute Gasteiger partial charge is 0.319 e. The highest BCUT2D eigenvalue weighted by molar-refractivity contribution is 7.89. The normalized spacial score (nSPS) is 17.8. The first-order valence-electron chi connectivity index (χ1n) is 12.0. The molecule has 206 valence electrons. The molecule has 2 unspecified atom stereocenters. The highest BCUT2D eigenvalue weighted by Crippen LogP contribution is 2.27. The molecule has 13 heteroatoms. The Labute approximate surface area is 220 Å². The summed E-state index contributed by atoms with van der Waals surface area (Å²) in [4.78, 5) is 37.0. The Morgan fingerprint density at radius 3 is 2.50 bits per heavy atom. The van der Waals surface area contributed by atoms with Gasteiger partial charge in [-0.05, 0) is 61.7 Å². The number of hydrogen-bond acceptors (Lipinski definition) is 7. The van der Waals surface area contributed by atoms with Crippen LogP contribution in [0.25, 0.3) is 0 Å². The molecule has 2 atom stereocenters. The number of amides is 3. The molecule has 3 N–H and O–H groups in total. The number of methoxy groups -OCH3 is 2. The lowest BCUT2D eigenvalue weighted by molar-refractivity contribution is -0.140. The molecule has 38 heavy (non-hydrogen) atoms. The Balaban J connectivity index is 1.73. The third-order valence-electron chi connectivity index (χ3n) is 6.02. The number of rotatable bonds is 10. The summed E-state index contributed by atoms with van der Waals surface area (Å²) >= 11 is 0. The minimum Gasteiger partial charge on any atom is -0.497 e. The average molecular weight is 551 g/mol. The molecular formula is C25H31FN4O7S. The molecule has 11 nitrogen and oxygen atoms in total. The summed E-state index contributed by atoms with van der Waals surface area (Å²) in [6, 6.07) is 8.96. The van der Waals surface area contributed by atoms with Crippen LogP contribution < -0.4 is 20.7 Å². The third-order valence-corrected chi connectivity index (χ3v) is 7.95.